The number of alkyl halides is 3. The van der Waals surface area contributed by atoms with Crippen LogP contribution in [0.3, 0.4) is 0 Å². The van der Waals surface area contributed by atoms with Gasteiger partial charge in [0.05, 0.1) is 17.4 Å². The summed E-state index contributed by atoms with van der Waals surface area (Å²) in [6, 6.07) is 0. The Labute approximate surface area is 134 Å². The van der Waals surface area contributed by atoms with Crippen LogP contribution in [-0.2, 0) is 6.18 Å². The van der Waals surface area contributed by atoms with Gasteiger partial charge in [-0.1, -0.05) is 11.6 Å². The minimum atomic E-state index is -4.39. The Bertz CT molecular complexity index is 661. The number of rotatable bonds is 2. The summed E-state index contributed by atoms with van der Waals surface area (Å²) in [6.07, 6.45) is 0.344. The fourth-order valence-corrected chi connectivity index (χ4v) is 3.57. The lowest BCUT2D eigenvalue weighted by Gasteiger charge is -2.32. The topological polar surface area (TPSA) is 41.9 Å². The van der Waals surface area contributed by atoms with Gasteiger partial charge in [0, 0.05) is 24.4 Å². The van der Waals surface area contributed by atoms with Gasteiger partial charge in [-0.15, -0.1) is 11.3 Å². The van der Waals surface area contributed by atoms with Crippen molar-refractivity contribution < 1.29 is 13.2 Å². The van der Waals surface area contributed by atoms with Crippen LogP contribution in [0.2, 0.25) is 5.15 Å². The first-order valence-electron chi connectivity index (χ1n) is 6.68. The van der Waals surface area contributed by atoms with E-state index in [1.807, 2.05) is 4.90 Å². The average Bonchev–Trinajstić information content (AvgIpc) is 2.97. The summed E-state index contributed by atoms with van der Waals surface area (Å²) in [5.74, 6) is 0.612. The van der Waals surface area contributed by atoms with Gasteiger partial charge in [-0.25, -0.2) is 9.97 Å². The molecule has 0 radical (unpaired) electrons. The largest absolute Gasteiger partial charge is 0.434 e. The van der Waals surface area contributed by atoms with Crippen molar-refractivity contribution in [1.82, 2.24) is 15.0 Å². The summed E-state index contributed by atoms with van der Waals surface area (Å²) < 4.78 is 38.0. The quantitative estimate of drug-likeness (QED) is 0.823. The third kappa shape index (κ3) is 3.33. The van der Waals surface area contributed by atoms with Crippen LogP contribution in [0.5, 0.6) is 0 Å². The smallest absolute Gasteiger partial charge is 0.355 e. The third-order valence-corrected chi connectivity index (χ3v) is 4.69. The van der Waals surface area contributed by atoms with Gasteiger partial charge in [-0.3, -0.25) is 4.98 Å². The molecule has 9 heteroatoms. The predicted molar refractivity (Wildman–Crippen MR) is 78.3 cm³/mol. The predicted octanol–water partition coefficient (Wildman–Crippen LogP) is 3.99. The molecule has 1 fully saturated rings. The molecule has 22 heavy (non-hydrogen) atoms. The first kappa shape index (κ1) is 15.5. The van der Waals surface area contributed by atoms with E-state index in [0.717, 1.165) is 36.1 Å². The SMILES string of the molecule is FC(F)(F)c1csc(C2CCCN(c3cncc(Cl)n3)C2)n1. The van der Waals surface area contributed by atoms with E-state index in [4.69, 9.17) is 11.6 Å². The monoisotopic (exact) mass is 348 g/mol. The molecule has 3 heterocycles. The number of thiazole rings is 1. The molecule has 2 aromatic rings. The third-order valence-electron chi connectivity index (χ3n) is 3.50. The van der Waals surface area contributed by atoms with Crippen LogP contribution in [0.15, 0.2) is 17.8 Å². The Morgan fingerprint density at radius 1 is 1.27 bits per heavy atom. The highest BCUT2D eigenvalue weighted by Crippen LogP contribution is 2.35. The zero-order valence-electron chi connectivity index (χ0n) is 11.3. The van der Waals surface area contributed by atoms with Crippen molar-refractivity contribution in [2.45, 2.75) is 24.9 Å². The minimum Gasteiger partial charge on any atom is -0.355 e. The van der Waals surface area contributed by atoms with Gasteiger partial charge in [0.25, 0.3) is 0 Å². The van der Waals surface area contributed by atoms with E-state index in [9.17, 15) is 13.2 Å². The maximum Gasteiger partial charge on any atom is 0.434 e. The zero-order chi connectivity index (χ0) is 15.7. The highest BCUT2D eigenvalue weighted by atomic mass is 35.5. The number of halogens is 4. The molecule has 1 atom stereocenters. The van der Waals surface area contributed by atoms with Gasteiger partial charge in [-0.05, 0) is 12.8 Å². The molecule has 1 aliphatic rings. The van der Waals surface area contributed by atoms with Crippen molar-refractivity contribution in [1.29, 1.82) is 0 Å². The van der Waals surface area contributed by atoms with Gasteiger partial charge in [-0.2, -0.15) is 13.2 Å². The average molecular weight is 349 g/mol. The summed E-state index contributed by atoms with van der Waals surface area (Å²) in [5, 5.41) is 1.90. The molecule has 3 rings (SSSR count). The Hall–Kier alpha value is -1.41. The first-order chi connectivity index (χ1) is 10.4. The second-order valence-electron chi connectivity index (χ2n) is 5.05. The molecule has 1 aliphatic heterocycles. The molecule has 0 bridgehead atoms. The molecular formula is C13H12ClF3N4S. The molecule has 4 nitrogen and oxygen atoms in total. The molecule has 0 saturated carbocycles. The lowest BCUT2D eigenvalue weighted by atomic mass is 9.99. The standard InChI is InChI=1S/C13H12ClF3N4S/c14-10-4-18-5-11(20-10)21-3-1-2-8(6-21)12-19-9(7-22-12)13(15,16)17/h4-5,7-8H,1-3,6H2. The molecule has 1 unspecified atom stereocenters. The van der Waals surface area contributed by atoms with Gasteiger partial charge in [0.2, 0.25) is 0 Å². The molecule has 0 spiro atoms. The molecule has 1 saturated heterocycles. The van der Waals surface area contributed by atoms with E-state index in [0.29, 0.717) is 22.5 Å². The van der Waals surface area contributed by atoms with Crippen molar-refractivity contribution in [3.05, 3.63) is 33.6 Å². The van der Waals surface area contributed by atoms with Crippen molar-refractivity contribution in [3.8, 4) is 0 Å². The number of hydrogen-bond donors (Lipinski definition) is 0. The zero-order valence-corrected chi connectivity index (χ0v) is 12.9. The van der Waals surface area contributed by atoms with Crippen LogP contribution in [0.4, 0.5) is 19.0 Å². The lowest BCUT2D eigenvalue weighted by molar-refractivity contribution is -0.140. The lowest BCUT2D eigenvalue weighted by Crippen LogP contribution is -2.35. The van der Waals surface area contributed by atoms with E-state index in [2.05, 4.69) is 15.0 Å². The Kier molecular flexibility index (Phi) is 4.22. The van der Waals surface area contributed by atoms with Crippen molar-refractivity contribution in [2.75, 3.05) is 18.0 Å². The fourth-order valence-electron chi connectivity index (χ4n) is 2.48. The first-order valence-corrected chi connectivity index (χ1v) is 7.94. The number of aromatic nitrogens is 3. The van der Waals surface area contributed by atoms with Crippen molar-refractivity contribution in [2.24, 2.45) is 0 Å². The molecule has 118 valence electrons. The van der Waals surface area contributed by atoms with Crippen LogP contribution in [0, 0.1) is 0 Å². The molecule has 0 aliphatic carbocycles. The number of anilines is 1. The van der Waals surface area contributed by atoms with E-state index in [-0.39, 0.29) is 5.92 Å². The summed E-state index contributed by atoms with van der Waals surface area (Å²) in [4.78, 5) is 13.9. The Morgan fingerprint density at radius 3 is 2.77 bits per heavy atom. The van der Waals surface area contributed by atoms with Crippen LogP contribution >= 0.6 is 22.9 Å². The highest BCUT2D eigenvalue weighted by molar-refractivity contribution is 7.09. The van der Waals surface area contributed by atoms with Crippen molar-refractivity contribution >= 4 is 28.8 Å². The molecule has 0 aromatic carbocycles. The molecular weight excluding hydrogens is 337 g/mol. The van der Waals surface area contributed by atoms with E-state index in [1.165, 1.54) is 6.20 Å². The van der Waals surface area contributed by atoms with Crippen LogP contribution in [-0.4, -0.2) is 28.0 Å². The van der Waals surface area contributed by atoms with E-state index < -0.39 is 11.9 Å². The normalized spacial score (nSPS) is 19.5. The highest BCUT2D eigenvalue weighted by Gasteiger charge is 2.35. The van der Waals surface area contributed by atoms with Gasteiger partial charge in [0.1, 0.15) is 11.0 Å². The number of hydrogen-bond acceptors (Lipinski definition) is 5. The van der Waals surface area contributed by atoms with Gasteiger partial charge >= 0.3 is 6.18 Å². The van der Waals surface area contributed by atoms with Crippen molar-refractivity contribution in [3.63, 3.8) is 0 Å². The van der Waals surface area contributed by atoms with E-state index in [1.54, 1.807) is 6.20 Å². The summed E-state index contributed by atoms with van der Waals surface area (Å²) in [7, 11) is 0. The summed E-state index contributed by atoms with van der Waals surface area (Å²) in [5.41, 5.74) is -0.813. The van der Waals surface area contributed by atoms with Crippen LogP contribution in [0.1, 0.15) is 29.5 Å². The van der Waals surface area contributed by atoms with Crippen LogP contribution in [0.25, 0.3) is 0 Å². The number of piperidine rings is 1. The number of nitrogens with zero attached hydrogens (tertiary/aromatic N) is 4. The second-order valence-corrected chi connectivity index (χ2v) is 6.33. The van der Waals surface area contributed by atoms with Gasteiger partial charge in [0.15, 0.2) is 5.69 Å². The fraction of sp³-hybridized carbons (Fsp3) is 0.462. The molecule has 2 aromatic heterocycles. The summed E-state index contributed by atoms with van der Waals surface area (Å²) in [6.45, 7) is 1.35. The Balaban J connectivity index is 1.77. The second kappa shape index (κ2) is 6.00. The van der Waals surface area contributed by atoms with Gasteiger partial charge < -0.3 is 4.90 Å². The van der Waals surface area contributed by atoms with E-state index >= 15 is 0 Å². The van der Waals surface area contributed by atoms with Crippen LogP contribution < -0.4 is 4.90 Å². The minimum absolute atomic E-state index is 0.0318. The summed E-state index contributed by atoms with van der Waals surface area (Å²) >= 11 is 6.90. The maximum atomic E-state index is 12.7. The maximum absolute atomic E-state index is 12.7. The molecule has 0 amide bonds. The molecule has 0 N–H and O–H groups in total. The Morgan fingerprint density at radius 2 is 2.09 bits per heavy atom.